The molecule has 2 aromatic rings. The maximum atomic E-state index is 12.4. The molecule has 7 nitrogen and oxygen atoms in total. The summed E-state index contributed by atoms with van der Waals surface area (Å²) in [5.41, 5.74) is 2.86. The summed E-state index contributed by atoms with van der Waals surface area (Å²) in [6.07, 6.45) is 3.24. The van der Waals surface area contributed by atoms with Crippen LogP contribution in [0.2, 0.25) is 0 Å². The number of methoxy groups -OCH3 is 1. The number of carbonyl (C=O) groups is 2. The number of hydrogen-bond acceptors (Lipinski definition) is 5. The van der Waals surface area contributed by atoms with Gasteiger partial charge in [-0.1, -0.05) is 30.3 Å². The van der Waals surface area contributed by atoms with Gasteiger partial charge in [0.2, 0.25) is 11.8 Å². The number of ether oxygens (including phenoxy) is 1. The fourth-order valence-corrected chi connectivity index (χ4v) is 3.73. The lowest BCUT2D eigenvalue weighted by Crippen LogP contribution is -2.31. The van der Waals surface area contributed by atoms with Crippen molar-refractivity contribution in [3.05, 3.63) is 53.2 Å². The van der Waals surface area contributed by atoms with E-state index in [1.807, 2.05) is 30.3 Å². The van der Waals surface area contributed by atoms with Crippen LogP contribution in [-0.4, -0.2) is 41.9 Å². The number of benzene rings is 1. The Morgan fingerprint density at radius 2 is 2.11 bits per heavy atom. The zero-order valence-electron chi connectivity index (χ0n) is 15.1. The number of carbonyl (C=O) groups excluding carboxylic acids is 2. The molecule has 0 unspecified atom stereocenters. The normalized spacial score (nSPS) is 12.9. The highest BCUT2D eigenvalue weighted by Gasteiger charge is 2.24. The molecule has 1 aromatic carbocycles. The van der Waals surface area contributed by atoms with E-state index in [2.05, 4.69) is 15.7 Å². The highest BCUT2D eigenvalue weighted by molar-refractivity contribution is 7.98. The van der Waals surface area contributed by atoms with Gasteiger partial charge in [0.25, 0.3) is 0 Å². The van der Waals surface area contributed by atoms with Gasteiger partial charge in [-0.15, -0.1) is 0 Å². The van der Waals surface area contributed by atoms with Gasteiger partial charge >= 0.3 is 0 Å². The Morgan fingerprint density at radius 3 is 2.89 bits per heavy atom. The molecule has 0 radical (unpaired) electrons. The van der Waals surface area contributed by atoms with Gasteiger partial charge in [-0.3, -0.25) is 9.59 Å². The van der Waals surface area contributed by atoms with Crippen molar-refractivity contribution in [2.75, 3.05) is 25.6 Å². The van der Waals surface area contributed by atoms with Crippen LogP contribution in [0.15, 0.2) is 36.4 Å². The van der Waals surface area contributed by atoms with E-state index in [4.69, 9.17) is 4.74 Å². The molecule has 0 bridgehead atoms. The number of amides is 2. The van der Waals surface area contributed by atoms with Crippen LogP contribution in [0.4, 0.5) is 5.82 Å². The van der Waals surface area contributed by atoms with Crippen molar-refractivity contribution in [2.45, 2.75) is 18.1 Å². The Balaban J connectivity index is 1.69. The maximum Gasteiger partial charge on any atom is 0.249 e. The summed E-state index contributed by atoms with van der Waals surface area (Å²) in [7, 11) is 1.58. The molecule has 1 aliphatic rings. The summed E-state index contributed by atoms with van der Waals surface area (Å²) in [6.45, 7) is 0.943. The third kappa shape index (κ3) is 5.21. The van der Waals surface area contributed by atoms with Crippen LogP contribution in [0.25, 0.3) is 6.08 Å². The molecular formula is C19H22N4O3S. The van der Waals surface area contributed by atoms with Gasteiger partial charge in [0, 0.05) is 36.8 Å². The molecule has 142 valence electrons. The predicted molar refractivity (Wildman–Crippen MR) is 106 cm³/mol. The first-order chi connectivity index (χ1) is 13.2. The van der Waals surface area contributed by atoms with E-state index < -0.39 is 0 Å². The SMILES string of the molecule is COCCNC(=O)Cn1nc2c(c1NC(=O)/C=C/c1ccccc1)CSC2. The average Bonchev–Trinajstić information content (AvgIpc) is 3.24. The molecule has 0 fully saturated rings. The summed E-state index contributed by atoms with van der Waals surface area (Å²) in [5.74, 6) is 1.74. The van der Waals surface area contributed by atoms with Crippen LogP contribution in [0.3, 0.4) is 0 Å². The third-order valence-electron chi connectivity index (χ3n) is 4.01. The van der Waals surface area contributed by atoms with E-state index in [1.165, 1.54) is 6.08 Å². The highest BCUT2D eigenvalue weighted by atomic mass is 32.2. The predicted octanol–water partition coefficient (Wildman–Crippen LogP) is 2.04. The molecule has 27 heavy (non-hydrogen) atoms. The lowest BCUT2D eigenvalue weighted by molar-refractivity contribution is -0.122. The minimum atomic E-state index is -0.250. The van der Waals surface area contributed by atoms with Gasteiger partial charge in [-0.25, -0.2) is 4.68 Å². The zero-order valence-corrected chi connectivity index (χ0v) is 15.9. The molecule has 0 saturated heterocycles. The van der Waals surface area contributed by atoms with Gasteiger partial charge in [-0.2, -0.15) is 16.9 Å². The van der Waals surface area contributed by atoms with E-state index in [9.17, 15) is 9.59 Å². The number of nitrogens with zero attached hydrogens (tertiary/aromatic N) is 2. The van der Waals surface area contributed by atoms with Crippen molar-refractivity contribution >= 4 is 35.5 Å². The molecular weight excluding hydrogens is 364 g/mol. The van der Waals surface area contributed by atoms with Crippen LogP contribution < -0.4 is 10.6 Å². The minimum absolute atomic E-state index is 0.0550. The topological polar surface area (TPSA) is 85.2 Å². The van der Waals surface area contributed by atoms with E-state index in [0.29, 0.717) is 19.0 Å². The number of hydrogen-bond donors (Lipinski definition) is 2. The minimum Gasteiger partial charge on any atom is -0.383 e. The van der Waals surface area contributed by atoms with E-state index >= 15 is 0 Å². The van der Waals surface area contributed by atoms with Crippen molar-refractivity contribution in [3.63, 3.8) is 0 Å². The Labute approximate surface area is 162 Å². The fourth-order valence-electron chi connectivity index (χ4n) is 2.70. The summed E-state index contributed by atoms with van der Waals surface area (Å²) >= 11 is 1.74. The van der Waals surface area contributed by atoms with E-state index in [-0.39, 0.29) is 18.4 Å². The Morgan fingerprint density at radius 1 is 1.30 bits per heavy atom. The summed E-state index contributed by atoms with van der Waals surface area (Å²) < 4.78 is 6.50. The number of rotatable bonds is 8. The number of anilines is 1. The number of fused-ring (bicyclic) bond motifs is 1. The molecule has 3 rings (SSSR count). The van der Waals surface area contributed by atoms with Gasteiger partial charge < -0.3 is 15.4 Å². The lowest BCUT2D eigenvalue weighted by atomic mass is 10.2. The second-order valence-corrected chi connectivity index (χ2v) is 6.99. The lowest BCUT2D eigenvalue weighted by Gasteiger charge is -2.10. The summed E-state index contributed by atoms with van der Waals surface area (Å²) in [4.78, 5) is 24.5. The standard InChI is InChI=1S/C19H22N4O3S/c1-26-10-9-20-18(25)11-23-19(15-12-27-13-16(15)22-23)21-17(24)8-7-14-5-3-2-4-6-14/h2-8H,9-13H2,1H3,(H,20,25)(H,21,24)/b8-7+. The largest absolute Gasteiger partial charge is 0.383 e. The van der Waals surface area contributed by atoms with Crippen LogP contribution >= 0.6 is 11.8 Å². The molecule has 1 aliphatic heterocycles. The molecule has 2 amide bonds. The van der Waals surface area contributed by atoms with E-state index in [1.54, 1.807) is 29.6 Å². The van der Waals surface area contributed by atoms with Crippen LogP contribution in [-0.2, 0) is 32.4 Å². The number of thioether (sulfide) groups is 1. The number of nitrogens with one attached hydrogen (secondary N) is 2. The van der Waals surface area contributed by atoms with Crippen molar-refractivity contribution in [1.29, 1.82) is 0 Å². The molecule has 2 heterocycles. The quantitative estimate of drug-likeness (QED) is 0.536. The van der Waals surface area contributed by atoms with Gasteiger partial charge in [0.1, 0.15) is 12.4 Å². The van der Waals surface area contributed by atoms with Gasteiger partial charge in [0.15, 0.2) is 0 Å². The zero-order chi connectivity index (χ0) is 19.1. The first kappa shape index (κ1) is 19.2. The molecule has 0 saturated carbocycles. The molecule has 2 N–H and O–H groups in total. The maximum absolute atomic E-state index is 12.4. The van der Waals surface area contributed by atoms with Crippen molar-refractivity contribution in [2.24, 2.45) is 0 Å². The smallest absolute Gasteiger partial charge is 0.249 e. The third-order valence-corrected chi connectivity index (χ3v) is 4.98. The molecule has 0 aliphatic carbocycles. The van der Waals surface area contributed by atoms with Gasteiger partial charge in [-0.05, 0) is 11.6 Å². The first-order valence-corrected chi connectivity index (χ1v) is 9.79. The van der Waals surface area contributed by atoms with Crippen LogP contribution in [0, 0.1) is 0 Å². The monoisotopic (exact) mass is 386 g/mol. The molecule has 1 aromatic heterocycles. The fraction of sp³-hybridized carbons (Fsp3) is 0.316. The Kier molecular flexibility index (Phi) is 6.67. The molecule has 0 spiro atoms. The average molecular weight is 386 g/mol. The second-order valence-electron chi connectivity index (χ2n) is 6.00. The van der Waals surface area contributed by atoms with Crippen LogP contribution in [0.5, 0.6) is 0 Å². The van der Waals surface area contributed by atoms with Crippen LogP contribution in [0.1, 0.15) is 16.8 Å². The first-order valence-electron chi connectivity index (χ1n) is 8.63. The van der Waals surface area contributed by atoms with Crippen molar-refractivity contribution in [3.8, 4) is 0 Å². The van der Waals surface area contributed by atoms with E-state index in [0.717, 1.165) is 28.3 Å². The van der Waals surface area contributed by atoms with Crippen molar-refractivity contribution in [1.82, 2.24) is 15.1 Å². The summed E-state index contributed by atoms with van der Waals surface area (Å²) in [5, 5.41) is 10.2. The Bertz CT molecular complexity index is 833. The van der Waals surface area contributed by atoms with Crippen molar-refractivity contribution < 1.29 is 14.3 Å². The number of aromatic nitrogens is 2. The second kappa shape index (κ2) is 9.38. The summed E-state index contributed by atoms with van der Waals surface area (Å²) in [6, 6.07) is 9.60. The van der Waals surface area contributed by atoms with Gasteiger partial charge in [0.05, 0.1) is 12.3 Å². The molecule has 0 atom stereocenters. The Hall–Kier alpha value is -2.58. The highest BCUT2D eigenvalue weighted by Crippen LogP contribution is 2.34. The molecule has 8 heteroatoms.